The van der Waals surface area contributed by atoms with Crippen molar-refractivity contribution in [2.75, 3.05) is 6.54 Å². The largest absolute Gasteiger partial charge is 2.00 e. The smallest absolute Gasteiger partial charge is 0.358 e. The molecule has 0 saturated carbocycles. The van der Waals surface area contributed by atoms with E-state index in [2.05, 4.69) is 11.9 Å². The first kappa shape index (κ1) is 13.0. The van der Waals surface area contributed by atoms with Gasteiger partial charge in [-0.2, -0.15) is 0 Å². The third-order valence-electron chi connectivity index (χ3n) is 1.50. The third-order valence-corrected chi connectivity index (χ3v) is 1.50. The molecular weight excluding hydrogens is 294 g/mol. The van der Waals surface area contributed by atoms with Gasteiger partial charge in [0, 0.05) is 6.54 Å². The predicted molar refractivity (Wildman–Crippen MR) is 42.5 cm³/mol. The Morgan fingerprint density at radius 1 is 1.40 bits per heavy atom. The summed E-state index contributed by atoms with van der Waals surface area (Å²) in [6.07, 6.45) is 4.72. The summed E-state index contributed by atoms with van der Waals surface area (Å²) in [6.45, 7) is 4.83. The summed E-state index contributed by atoms with van der Waals surface area (Å²) in [5.74, 6) is 0. The molecule has 58 valence electrons. The third kappa shape index (κ3) is 4.22. The van der Waals surface area contributed by atoms with Crippen LogP contribution in [0.2, 0.25) is 0 Å². The van der Waals surface area contributed by atoms with Gasteiger partial charge >= 0.3 is 21.1 Å². The summed E-state index contributed by atoms with van der Waals surface area (Å²) >= 11 is 0. The second-order valence-corrected chi connectivity index (χ2v) is 2.16. The second kappa shape index (κ2) is 7.47. The molecule has 1 heterocycles. The standard InChI is InChI=1S/C7H12N.CH3.W/c1-2-7-5-3-4-6-8-7;;/h1-6H2;1H3;/q2*-1;+2. The molecule has 1 aliphatic heterocycles. The topological polar surface area (TPSA) is 12.4 Å². The average molecular weight is 309 g/mol. The zero-order chi connectivity index (χ0) is 5.82. The summed E-state index contributed by atoms with van der Waals surface area (Å²) in [5, 5.41) is 0. The van der Waals surface area contributed by atoms with Crippen LogP contribution in [0, 0.1) is 14.4 Å². The Morgan fingerprint density at radius 3 is 2.40 bits per heavy atom. The van der Waals surface area contributed by atoms with Gasteiger partial charge in [0.1, 0.15) is 0 Å². The first-order valence-corrected chi connectivity index (χ1v) is 3.25. The number of rotatable bonds is 1. The van der Waals surface area contributed by atoms with E-state index in [1.165, 1.54) is 25.0 Å². The van der Waals surface area contributed by atoms with Crippen molar-refractivity contribution in [1.82, 2.24) is 0 Å². The van der Waals surface area contributed by atoms with E-state index in [0.717, 1.165) is 13.0 Å². The maximum Gasteiger partial charge on any atom is 2.00 e. The van der Waals surface area contributed by atoms with E-state index >= 15 is 0 Å². The molecule has 1 aliphatic rings. The van der Waals surface area contributed by atoms with Crippen LogP contribution in [-0.4, -0.2) is 12.3 Å². The van der Waals surface area contributed by atoms with Crippen LogP contribution in [0.4, 0.5) is 0 Å². The predicted octanol–water partition coefficient (Wildman–Crippen LogP) is 2.28. The van der Waals surface area contributed by atoms with Crippen molar-refractivity contribution in [3.63, 3.8) is 0 Å². The molecule has 0 bridgehead atoms. The summed E-state index contributed by atoms with van der Waals surface area (Å²) < 4.78 is 0. The van der Waals surface area contributed by atoms with Crippen molar-refractivity contribution in [2.24, 2.45) is 4.99 Å². The van der Waals surface area contributed by atoms with Crippen LogP contribution >= 0.6 is 0 Å². The Morgan fingerprint density at radius 2 is 2.10 bits per heavy atom. The molecule has 0 saturated heterocycles. The molecule has 0 aliphatic carbocycles. The minimum Gasteiger partial charge on any atom is -0.358 e. The van der Waals surface area contributed by atoms with Gasteiger partial charge in [-0.1, -0.05) is 0 Å². The van der Waals surface area contributed by atoms with Crippen LogP contribution in [0.15, 0.2) is 4.99 Å². The van der Waals surface area contributed by atoms with Gasteiger partial charge in [-0.15, -0.1) is 6.42 Å². The van der Waals surface area contributed by atoms with Crippen LogP contribution in [0.3, 0.4) is 0 Å². The van der Waals surface area contributed by atoms with E-state index < -0.39 is 0 Å². The molecule has 0 spiro atoms. The SMILES string of the molecule is [CH2-]CC1=NCCCC1.[CH3-].[W+2]. The van der Waals surface area contributed by atoms with E-state index in [1.54, 1.807) is 0 Å². The Labute approximate surface area is 78.6 Å². The van der Waals surface area contributed by atoms with Crippen molar-refractivity contribution in [3.8, 4) is 0 Å². The van der Waals surface area contributed by atoms with Crippen LogP contribution in [0.1, 0.15) is 25.7 Å². The minimum absolute atomic E-state index is 0. The van der Waals surface area contributed by atoms with Crippen molar-refractivity contribution >= 4 is 5.71 Å². The summed E-state index contributed by atoms with van der Waals surface area (Å²) in [7, 11) is 0. The van der Waals surface area contributed by atoms with Gasteiger partial charge in [0.25, 0.3) is 0 Å². The number of hydrogen-bond acceptors (Lipinski definition) is 1. The minimum atomic E-state index is 0. The molecular formula is C8H15NW. The van der Waals surface area contributed by atoms with Gasteiger partial charge in [0.15, 0.2) is 0 Å². The molecule has 0 aromatic heterocycles. The van der Waals surface area contributed by atoms with E-state index in [1.807, 2.05) is 0 Å². The van der Waals surface area contributed by atoms with Crippen LogP contribution < -0.4 is 0 Å². The van der Waals surface area contributed by atoms with Gasteiger partial charge in [-0.3, -0.25) is 4.99 Å². The van der Waals surface area contributed by atoms with E-state index in [4.69, 9.17) is 0 Å². The fourth-order valence-electron chi connectivity index (χ4n) is 0.961. The molecule has 1 nitrogen and oxygen atoms in total. The Balaban J connectivity index is 0. The van der Waals surface area contributed by atoms with Gasteiger partial charge in [0.05, 0.1) is 0 Å². The summed E-state index contributed by atoms with van der Waals surface area (Å²) in [5.41, 5.74) is 1.32. The van der Waals surface area contributed by atoms with Crippen LogP contribution in [-0.2, 0) is 21.1 Å². The van der Waals surface area contributed by atoms with E-state index in [-0.39, 0.29) is 28.5 Å². The first-order chi connectivity index (χ1) is 3.93. The Hall–Kier alpha value is 0.358. The van der Waals surface area contributed by atoms with Gasteiger partial charge in [-0.05, 0) is 25.0 Å². The van der Waals surface area contributed by atoms with Gasteiger partial charge in [0.2, 0.25) is 0 Å². The molecule has 0 radical (unpaired) electrons. The fourth-order valence-corrected chi connectivity index (χ4v) is 0.961. The normalized spacial score (nSPS) is 16.3. The molecule has 0 N–H and O–H groups in total. The number of aliphatic imine (C=N–C) groups is 1. The van der Waals surface area contributed by atoms with Crippen LogP contribution in [0.25, 0.3) is 0 Å². The summed E-state index contributed by atoms with van der Waals surface area (Å²) in [6, 6.07) is 0. The number of nitrogens with zero attached hydrogens (tertiary/aromatic N) is 1. The molecule has 2 heteroatoms. The van der Waals surface area contributed by atoms with E-state index in [0.29, 0.717) is 0 Å². The second-order valence-electron chi connectivity index (χ2n) is 2.16. The zero-order valence-corrected chi connectivity index (χ0v) is 9.53. The molecule has 0 fully saturated rings. The molecule has 0 amide bonds. The monoisotopic (exact) mass is 309 g/mol. The fraction of sp³-hybridized carbons (Fsp3) is 0.625. The van der Waals surface area contributed by atoms with Crippen molar-refractivity contribution < 1.29 is 21.1 Å². The maximum absolute atomic E-state index is 4.30. The van der Waals surface area contributed by atoms with Gasteiger partial charge in [-0.25, -0.2) is 0 Å². The first-order valence-electron chi connectivity index (χ1n) is 3.25. The Kier molecular flexibility index (Phi) is 9.69. The zero-order valence-electron chi connectivity index (χ0n) is 6.60. The van der Waals surface area contributed by atoms with Gasteiger partial charge < -0.3 is 14.4 Å². The Bertz CT molecular complexity index is 99.4. The molecule has 0 aromatic carbocycles. The molecule has 0 unspecified atom stereocenters. The molecule has 0 atom stereocenters. The van der Waals surface area contributed by atoms with Crippen molar-refractivity contribution in [1.29, 1.82) is 0 Å². The van der Waals surface area contributed by atoms with E-state index in [9.17, 15) is 0 Å². The molecule has 0 aromatic rings. The van der Waals surface area contributed by atoms with Crippen LogP contribution in [0.5, 0.6) is 0 Å². The van der Waals surface area contributed by atoms with Crippen molar-refractivity contribution in [3.05, 3.63) is 14.4 Å². The average Bonchev–Trinajstić information content (AvgIpc) is 1.90. The maximum atomic E-state index is 4.30. The molecule has 1 rings (SSSR count). The quantitative estimate of drug-likeness (QED) is 0.659. The summed E-state index contributed by atoms with van der Waals surface area (Å²) in [4.78, 5) is 4.30. The van der Waals surface area contributed by atoms with Crippen molar-refractivity contribution in [2.45, 2.75) is 25.7 Å². The molecule has 10 heavy (non-hydrogen) atoms. The number of hydrogen-bond donors (Lipinski definition) is 0.